The first kappa shape index (κ1) is 18.5. The Kier molecular flexibility index (Phi) is 5.32. The predicted molar refractivity (Wildman–Crippen MR) is 104 cm³/mol. The molecule has 3 heterocycles. The van der Waals surface area contributed by atoms with Gasteiger partial charge in [-0.3, -0.25) is 9.59 Å². The van der Waals surface area contributed by atoms with Crippen LogP contribution in [0.4, 0.5) is 0 Å². The average Bonchev–Trinajstić information content (AvgIpc) is 3.19. The maximum absolute atomic E-state index is 12.7. The molecule has 1 aromatic heterocycles. The number of likely N-dealkylation sites (tertiary alicyclic amines) is 1. The van der Waals surface area contributed by atoms with Gasteiger partial charge in [0.15, 0.2) is 11.5 Å². The van der Waals surface area contributed by atoms with Crippen LogP contribution in [-0.2, 0) is 17.6 Å². The normalized spacial score (nSPS) is 18.3. The number of piperidine rings is 1. The van der Waals surface area contributed by atoms with Crippen molar-refractivity contribution in [1.82, 2.24) is 14.9 Å². The molecule has 1 N–H and O–H groups in total. The van der Waals surface area contributed by atoms with Gasteiger partial charge in [-0.2, -0.15) is 0 Å². The number of nitrogens with one attached hydrogen (secondary N) is 1. The number of hydrogen-bond donors (Lipinski definition) is 1. The van der Waals surface area contributed by atoms with Crippen LogP contribution in [0.2, 0.25) is 0 Å². The molecule has 7 nitrogen and oxygen atoms in total. The quantitative estimate of drug-likeness (QED) is 0.857. The SMILES string of the molecule is CCc1cc(=O)[nH]c([C@H]2CCCN(C(=O)CCc3ccc4c(c3)OCO4)C2)n1. The number of aromatic nitrogens is 2. The zero-order valence-electron chi connectivity index (χ0n) is 16.1. The van der Waals surface area contributed by atoms with E-state index in [1.54, 1.807) is 6.07 Å². The van der Waals surface area contributed by atoms with Crippen molar-refractivity contribution in [2.45, 2.75) is 44.9 Å². The lowest BCUT2D eigenvalue weighted by molar-refractivity contribution is -0.132. The highest BCUT2D eigenvalue weighted by molar-refractivity contribution is 5.76. The highest BCUT2D eigenvalue weighted by Crippen LogP contribution is 2.33. The second kappa shape index (κ2) is 8.04. The molecule has 1 saturated heterocycles. The van der Waals surface area contributed by atoms with Crippen molar-refractivity contribution >= 4 is 5.91 Å². The second-order valence-electron chi connectivity index (χ2n) is 7.34. The van der Waals surface area contributed by atoms with E-state index in [0.717, 1.165) is 48.6 Å². The zero-order valence-corrected chi connectivity index (χ0v) is 16.1. The van der Waals surface area contributed by atoms with E-state index in [-0.39, 0.29) is 24.2 Å². The molecule has 4 rings (SSSR count). The van der Waals surface area contributed by atoms with E-state index >= 15 is 0 Å². The van der Waals surface area contributed by atoms with Gasteiger partial charge in [0.05, 0.1) is 0 Å². The van der Waals surface area contributed by atoms with Gasteiger partial charge >= 0.3 is 0 Å². The fourth-order valence-corrected chi connectivity index (χ4v) is 3.84. The van der Waals surface area contributed by atoms with Crippen molar-refractivity contribution in [3.05, 3.63) is 51.7 Å². The molecule has 0 spiro atoms. The lowest BCUT2D eigenvalue weighted by atomic mass is 9.96. The van der Waals surface area contributed by atoms with Crippen molar-refractivity contribution in [2.75, 3.05) is 19.9 Å². The van der Waals surface area contributed by atoms with Crippen LogP contribution in [0.3, 0.4) is 0 Å². The van der Waals surface area contributed by atoms with Gasteiger partial charge in [0.1, 0.15) is 5.82 Å². The minimum absolute atomic E-state index is 0.0856. The van der Waals surface area contributed by atoms with E-state index in [0.29, 0.717) is 25.2 Å². The van der Waals surface area contributed by atoms with Crippen LogP contribution in [-0.4, -0.2) is 40.7 Å². The Morgan fingerprint density at radius 3 is 3.00 bits per heavy atom. The fraction of sp³-hybridized carbons (Fsp3) is 0.476. The van der Waals surface area contributed by atoms with Gasteiger partial charge in [0.2, 0.25) is 12.7 Å². The molecule has 0 bridgehead atoms. The molecule has 0 saturated carbocycles. The largest absolute Gasteiger partial charge is 0.454 e. The van der Waals surface area contributed by atoms with Crippen LogP contribution in [0, 0.1) is 0 Å². The lowest BCUT2D eigenvalue weighted by Crippen LogP contribution is -2.40. The van der Waals surface area contributed by atoms with Crippen LogP contribution in [0.5, 0.6) is 11.5 Å². The van der Waals surface area contributed by atoms with Crippen LogP contribution in [0.15, 0.2) is 29.1 Å². The number of rotatable bonds is 5. The average molecular weight is 383 g/mol. The molecule has 1 atom stereocenters. The van der Waals surface area contributed by atoms with Gasteiger partial charge in [0.25, 0.3) is 5.56 Å². The summed E-state index contributed by atoms with van der Waals surface area (Å²) >= 11 is 0. The second-order valence-corrected chi connectivity index (χ2v) is 7.34. The first-order valence-corrected chi connectivity index (χ1v) is 9.89. The molecule has 148 valence electrons. The van der Waals surface area contributed by atoms with Gasteiger partial charge < -0.3 is 19.4 Å². The number of nitrogens with zero attached hydrogens (tertiary/aromatic N) is 2. The first-order valence-electron chi connectivity index (χ1n) is 9.89. The van der Waals surface area contributed by atoms with E-state index < -0.39 is 0 Å². The number of aromatic amines is 1. The molecule has 1 aromatic carbocycles. The van der Waals surface area contributed by atoms with E-state index in [1.807, 2.05) is 30.0 Å². The van der Waals surface area contributed by atoms with Gasteiger partial charge in [-0.05, 0) is 43.4 Å². The summed E-state index contributed by atoms with van der Waals surface area (Å²) in [6.07, 6.45) is 3.69. The maximum atomic E-state index is 12.7. The standard InChI is InChI=1S/C21H25N3O4/c1-2-16-11-19(25)23-21(22-16)15-4-3-9-24(12-15)20(26)8-6-14-5-7-17-18(10-14)28-13-27-17/h5,7,10-11,15H,2-4,6,8-9,12-13H2,1H3,(H,22,23,25)/t15-/m0/s1. The first-order chi connectivity index (χ1) is 13.6. The zero-order chi connectivity index (χ0) is 19.5. The summed E-state index contributed by atoms with van der Waals surface area (Å²) in [6.45, 7) is 3.60. The number of aryl methyl sites for hydroxylation is 2. The molecule has 2 aliphatic rings. The molecular formula is C21H25N3O4. The van der Waals surface area contributed by atoms with Crippen molar-refractivity contribution < 1.29 is 14.3 Å². The summed E-state index contributed by atoms with van der Waals surface area (Å²) in [5, 5.41) is 0. The topological polar surface area (TPSA) is 84.5 Å². The summed E-state index contributed by atoms with van der Waals surface area (Å²) < 4.78 is 10.7. The monoisotopic (exact) mass is 383 g/mol. The highest BCUT2D eigenvalue weighted by atomic mass is 16.7. The molecule has 28 heavy (non-hydrogen) atoms. The summed E-state index contributed by atoms with van der Waals surface area (Å²) in [5.74, 6) is 2.43. The smallest absolute Gasteiger partial charge is 0.251 e. The van der Waals surface area contributed by atoms with E-state index in [1.165, 1.54) is 0 Å². The third-order valence-corrected chi connectivity index (χ3v) is 5.40. The van der Waals surface area contributed by atoms with Crippen LogP contribution in [0.25, 0.3) is 0 Å². The number of fused-ring (bicyclic) bond motifs is 1. The van der Waals surface area contributed by atoms with Crippen molar-refractivity contribution in [1.29, 1.82) is 0 Å². The molecule has 1 fully saturated rings. The molecule has 0 aliphatic carbocycles. The Morgan fingerprint density at radius 2 is 2.14 bits per heavy atom. The molecule has 1 amide bonds. The number of carbonyl (C=O) groups excluding carboxylic acids is 1. The Balaban J connectivity index is 1.38. The molecule has 0 radical (unpaired) electrons. The Hall–Kier alpha value is -2.83. The van der Waals surface area contributed by atoms with E-state index in [2.05, 4.69) is 9.97 Å². The van der Waals surface area contributed by atoms with Crippen molar-refractivity contribution in [3.63, 3.8) is 0 Å². The maximum Gasteiger partial charge on any atom is 0.251 e. The number of hydrogen-bond acceptors (Lipinski definition) is 5. The van der Waals surface area contributed by atoms with Crippen LogP contribution >= 0.6 is 0 Å². The number of H-pyrrole nitrogens is 1. The summed E-state index contributed by atoms with van der Waals surface area (Å²) in [5.41, 5.74) is 1.74. The number of ether oxygens (including phenoxy) is 2. The molecule has 2 aliphatic heterocycles. The summed E-state index contributed by atoms with van der Waals surface area (Å²) in [4.78, 5) is 34.0. The van der Waals surface area contributed by atoms with Gasteiger partial charge in [-0.15, -0.1) is 0 Å². The number of carbonyl (C=O) groups is 1. The van der Waals surface area contributed by atoms with Crippen LogP contribution < -0.4 is 15.0 Å². The number of amides is 1. The molecule has 2 aromatic rings. The fourth-order valence-electron chi connectivity index (χ4n) is 3.84. The van der Waals surface area contributed by atoms with Gasteiger partial charge in [0, 0.05) is 37.2 Å². The molecular weight excluding hydrogens is 358 g/mol. The van der Waals surface area contributed by atoms with Crippen LogP contribution in [0.1, 0.15) is 49.2 Å². The van der Waals surface area contributed by atoms with E-state index in [4.69, 9.17) is 9.47 Å². The minimum Gasteiger partial charge on any atom is -0.454 e. The Bertz CT molecular complexity index is 924. The lowest BCUT2D eigenvalue weighted by Gasteiger charge is -2.32. The summed E-state index contributed by atoms with van der Waals surface area (Å²) in [6, 6.07) is 7.35. The van der Waals surface area contributed by atoms with Gasteiger partial charge in [-0.1, -0.05) is 13.0 Å². The predicted octanol–water partition coefficient (Wildman–Crippen LogP) is 2.40. The van der Waals surface area contributed by atoms with Gasteiger partial charge in [-0.25, -0.2) is 4.98 Å². The molecule has 0 unspecified atom stereocenters. The minimum atomic E-state index is -0.117. The van der Waals surface area contributed by atoms with Crippen molar-refractivity contribution in [3.8, 4) is 11.5 Å². The third-order valence-electron chi connectivity index (χ3n) is 5.40. The van der Waals surface area contributed by atoms with E-state index in [9.17, 15) is 9.59 Å². The molecule has 7 heteroatoms. The highest BCUT2D eigenvalue weighted by Gasteiger charge is 2.26. The van der Waals surface area contributed by atoms with Crippen molar-refractivity contribution in [2.24, 2.45) is 0 Å². The summed E-state index contributed by atoms with van der Waals surface area (Å²) in [7, 11) is 0. The Labute approximate surface area is 163 Å². The number of benzene rings is 1. The third kappa shape index (κ3) is 4.03. The Morgan fingerprint density at radius 1 is 1.29 bits per heavy atom.